The van der Waals surface area contributed by atoms with Gasteiger partial charge in [-0.05, 0) is 58.0 Å². The van der Waals surface area contributed by atoms with Crippen molar-refractivity contribution in [3.8, 4) is 0 Å². The molecule has 148 valence electrons. The Kier molecular flexibility index (Phi) is 6.11. The molecule has 1 aliphatic heterocycles. The average molecular weight is 377 g/mol. The van der Waals surface area contributed by atoms with Gasteiger partial charge in [-0.1, -0.05) is 12.5 Å². The van der Waals surface area contributed by atoms with Gasteiger partial charge in [0.25, 0.3) is 5.91 Å². The number of rotatable bonds is 5. The lowest BCUT2D eigenvalue weighted by atomic mass is 9.89. The van der Waals surface area contributed by atoms with Crippen LogP contribution in [-0.4, -0.2) is 67.2 Å². The van der Waals surface area contributed by atoms with E-state index in [2.05, 4.69) is 5.32 Å². The number of benzene rings is 1. The number of hydrogen-bond acceptors (Lipinski definition) is 4. The zero-order valence-electron chi connectivity index (χ0n) is 16.0. The molecule has 0 unspecified atom stereocenters. The Hall–Kier alpha value is -1.99. The van der Waals surface area contributed by atoms with Crippen molar-refractivity contribution >= 4 is 11.8 Å². The van der Waals surface area contributed by atoms with Gasteiger partial charge in [-0.25, -0.2) is 4.39 Å². The second-order valence-corrected chi connectivity index (χ2v) is 7.61. The maximum atomic E-state index is 13.7. The summed E-state index contributed by atoms with van der Waals surface area (Å²) in [6.45, 7) is 1.38. The molecule has 1 saturated carbocycles. The molecule has 2 aliphatic rings. The number of nitrogens with one attached hydrogen (secondary N) is 1. The molecule has 1 aromatic carbocycles. The number of amides is 2. The molecule has 0 radical (unpaired) electrons. The molecule has 6 nitrogen and oxygen atoms in total. The Morgan fingerprint density at radius 1 is 1.30 bits per heavy atom. The molecule has 1 saturated heterocycles. The minimum absolute atomic E-state index is 0.175. The summed E-state index contributed by atoms with van der Waals surface area (Å²) in [7, 11) is 3.86. The Labute approximate surface area is 159 Å². The van der Waals surface area contributed by atoms with E-state index < -0.39 is 17.6 Å². The third-order valence-electron chi connectivity index (χ3n) is 5.35. The molecule has 1 atom stereocenters. The molecule has 7 heteroatoms. The van der Waals surface area contributed by atoms with E-state index >= 15 is 0 Å². The van der Waals surface area contributed by atoms with E-state index in [0.29, 0.717) is 25.9 Å². The summed E-state index contributed by atoms with van der Waals surface area (Å²) in [4.78, 5) is 29.6. The van der Waals surface area contributed by atoms with Crippen LogP contribution < -0.4 is 5.32 Å². The first-order chi connectivity index (χ1) is 12.9. The van der Waals surface area contributed by atoms with Crippen LogP contribution in [-0.2, 0) is 9.53 Å². The fourth-order valence-corrected chi connectivity index (χ4v) is 3.95. The third kappa shape index (κ3) is 4.30. The number of nitrogens with zero attached hydrogens (tertiary/aromatic N) is 2. The lowest BCUT2D eigenvalue weighted by Gasteiger charge is -2.41. The summed E-state index contributed by atoms with van der Waals surface area (Å²) in [6, 6.07) is 4.93. The van der Waals surface area contributed by atoms with E-state index in [1.54, 1.807) is 11.0 Å². The number of hydrogen-bond donors (Lipinski definition) is 1. The number of carbonyl (C=O) groups is 2. The van der Waals surface area contributed by atoms with Crippen LogP contribution in [0.2, 0.25) is 0 Å². The highest BCUT2D eigenvalue weighted by atomic mass is 19.1. The van der Waals surface area contributed by atoms with Gasteiger partial charge in [0.2, 0.25) is 5.91 Å². The maximum Gasteiger partial charge on any atom is 0.256 e. The standard InChI is InChI=1S/C20H28FN3O3/c1-23(2)12-11-22-18(25)17-14-27-20(9-4-3-5-10-20)24(17)19(26)15-7-6-8-16(21)13-15/h6-8,13,17H,3-5,9-12,14H2,1-2H3,(H,22,25)/t17-/m0/s1. The van der Waals surface area contributed by atoms with Gasteiger partial charge < -0.3 is 15.0 Å². The normalized spacial score (nSPS) is 21.6. The third-order valence-corrected chi connectivity index (χ3v) is 5.35. The lowest BCUT2D eigenvalue weighted by molar-refractivity contribution is -0.127. The lowest BCUT2D eigenvalue weighted by Crippen LogP contribution is -2.56. The molecule has 1 aliphatic carbocycles. The summed E-state index contributed by atoms with van der Waals surface area (Å²) in [5, 5.41) is 2.90. The fourth-order valence-electron chi connectivity index (χ4n) is 3.95. The van der Waals surface area contributed by atoms with Crippen molar-refractivity contribution < 1.29 is 18.7 Å². The molecule has 3 rings (SSSR count). The number of ether oxygens (including phenoxy) is 1. The monoisotopic (exact) mass is 377 g/mol. The van der Waals surface area contributed by atoms with Crippen LogP contribution >= 0.6 is 0 Å². The van der Waals surface area contributed by atoms with E-state index in [4.69, 9.17) is 4.74 Å². The predicted molar refractivity (Wildman–Crippen MR) is 99.7 cm³/mol. The van der Waals surface area contributed by atoms with Crippen molar-refractivity contribution in [2.75, 3.05) is 33.8 Å². The largest absolute Gasteiger partial charge is 0.353 e. The van der Waals surface area contributed by atoms with Crippen LogP contribution in [0.1, 0.15) is 42.5 Å². The molecule has 1 aromatic rings. The van der Waals surface area contributed by atoms with E-state index in [-0.39, 0.29) is 24.0 Å². The van der Waals surface area contributed by atoms with E-state index in [1.807, 2.05) is 19.0 Å². The molecule has 2 amide bonds. The van der Waals surface area contributed by atoms with E-state index in [9.17, 15) is 14.0 Å². The second-order valence-electron chi connectivity index (χ2n) is 7.61. The molecular formula is C20H28FN3O3. The van der Waals surface area contributed by atoms with Gasteiger partial charge in [-0.2, -0.15) is 0 Å². The van der Waals surface area contributed by atoms with Crippen molar-refractivity contribution in [3.05, 3.63) is 35.6 Å². The molecule has 2 fully saturated rings. The second kappa shape index (κ2) is 8.35. The molecule has 1 heterocycles. The van der Waals surface area contributed by atoms with E-state index in [0.717, 1.165) is 19.3 Å². The highest BCUT2D eigenvalue weighted by Crippen LogP contribution is 2.41. The first kappa shape index (κ1) is 19.8. The van der Waals surface area contributed by atoms with E-state index in [1.165, 1.54) is 18.2 Å². The summed E-state index contributed by atoms with van der Waals surface area (Å²) < 4.78 is 19.7. The highest BCUT2D eigenvalue weighted by molar-refractivity contribution is 5.98. The van der Waals surface area contributed by atoms with Gasteiger partial charge in [-0.15, -0.1) is 0 Å². The number of likely N-dealkylation sites (N-methyl/N-ethyl adjacent to an activating group) is 1. The Morgan fingerprint density at radius 2 is 2.04 bits per heavy atom. The summed E-state index contributed by atoms with van der Waals surface area (Å²) in [6.07, 6.45) is 4.39. The van der Waals surface area contributed by atoms with Crippen molar-refractivity contribution in [3.63, 3.8) is 0 Å². The minimum Gasteiger partial charge on any atom is -0.353 e. The minimum atomic E-state index is -0.759. The van der Waals surface area contributed by atoms with Crippen LogP contribution in [0.3, 0.4) is 0 Å². The Balaban J connectivity index is 1.84. The first-order valence-electron chi connectivity index (χ1n) is 9.59. The average Bonchev–Trinajstić information content (AvgIpc) is 3.00. The number of carbonyl (C=O) groups excluding carboxylic acids is 2. The van der Waals surface area contributed by atoms with Crippen LogP contribution in [0.5, 0.6) is 0 Å². The molecular weight excluding hydrogens is 349 g/mol. The molecule has 27 heavy (non-hydrogen) atoms. The smallest absolute Gasteiger partial charge is 0.256 e. The zero-order chi connectivity index (χ0) is 19.4. The fraction of sp³-hybridized carbons (Fsp3) is 0.600. The van der Waals surface area contributed by atoms with Gasteiger partial charge in [0, 0.05) is 18.7 Å². The van der Waals surface area contributed by atoms with Gasteiger partial charge >= 0.3 is 0 Å². The van der Waals surface area contributed by atoms with Gasteiger partial charge in [0.15, 0.2) is 0 Å². The first-order valence-corrected chi connectivity index (χ1v) is 9.59. The SMILES string of the molecule is CN(C)CCNC(=O)[C@@H]1COC2(CCCCC2)N1C(=O)c1cccc(F)c1. The molecule has 0 bridgehead atoms. The molecule has 0 aromatic heterocycles. The quantitative estimate of drug-likeness (QED) is 0.853. The van der Waals surface area contributed by atoms with Crippen LogP contribution in [0, 0.1) is 5.82 Å². The zero-order valence-corrected chi connectivity index (χ0v) is 16.0. The van der Waals surface area contributed by atoms with Crippen LogP contribution in [0.15, 0.2) is 24.3 Å². The molecule has 1 spiro atoms. The van der Waals surface area contributed by atoms with Gasteiger partial charge in [0.05, 0.1) is 6.61 Å². The van der Waals surface area contributed by atoms with Crippen molar-refractivity contribution in [1.82, 2.24) is 15.1 Å². The van der Waals surface area contributed by atoms with Crippen molar-refractivity contribution in [2.24, 2.45) is 0 Å². The summed E-state index contributed by atoms with van der Waals surface area (Å²) in [5.41, 5.74) is -0.512. The highest BCUT2D eigenvalue weighted by Gasteiger charge is 2.52. The van der Waals surface area contributed by atoms with Crippen LogP contribution in [0.25, 0.3) is 0 Å². The maximum absolute atomic E-state index is 13.7. The van der Waals surface area contributed by atoms with Gasteiger partial charge in [-0.3, -0.25) is 14.5 Å². The summed E-state index contributed by atoms with van der Waals surface area (Å²) in [5.74, 6) is -1.03. The predicted octanol–water partition coefficient (Wildman–Crippen LogP) is 2.00. The van der Waals surface area contributed by atoms with Crippen molar-refractivity contribution in [2.45, 2.75) is 43.9 Å². The topological polar surface area (TPSA) is 61.9 Å². The Bertz CT molecular complexity index is 689. The number of halogens is 1. The Morgan fingerprint density at radius 3 is 2.70 bits per heavy atom. The van der Waals surface area contributed by atoms with Crippen molar-refractivity contribution in [1.29, 1.82) is 0 Å². The molecule has 1 N–H and O–H groups in total. The summed E-state index contributed by atoms with van der Waals surface area (Å²) >= 11 is 0. The van der Waals surface area contributed by atoms with Crippen LogP contribution in [0.4, 0.5) is 4.39 Å². The van der Waals surface area contributed by atoms with Gasteiger partial charge in [0.1, 0.15) is 17.6 Å².